The quantitative estimate of drug-likeness (QED) is 0.274. The van der Waals surface area contributed by atoms with E-state index in [0.29, 0.717) is 43.8 Å². The number of amides is 4. The number of nitrogens with zero attached hydrogens (tertiary/aromatic N) is 5. The third-order valence-electron chi connectivity index (χ3n) is 7.02. The van der Waals surface area contributed by atoms with Gasteiger partial charge >= 0.3 is 0 Å². The highest BCUT2D eigenvalue weighted by Gasteiger charge is 2.45. The molecule has 1 unspecified atom stereocenters. The highest BCUT2D eigenvalue weighted by atomic mass is 16.5. The molecule has 1 atom stereocenters. The van der Waals surface area contributed by atoms with Crippen LogP contribution in [0.25, 0.3) is 11.4 Å². The largest absolute Gasteiger partial charge is 0.493 e. The average Bonchev–Trinajstić information content (AvgIpc) is 3.22. The standard InChI is InChI=1S/C29H28N6O6/c1-17-31-33-26(34-32-17)19-11-8-18(9-12-19)10-13-20(36)5-2-3-16-41-23-7-4-6-21-25(23)29(40)35(28(21)39)22-14-15-24(37)30-27(22)38/h4,6-9,11-12,22H,2-3,5,10,13-16H2,1H3,(H,30,37,38). The molecule has 1 N–H and O–H groups in total. The highest BCUT2D eigenvalue weighted by molar-refractivity contribution is 6.24. The molecule has 2 aromatic carbocycles. The Labute approximate surface area is 235 Å². The maximum atomic E-state index is 13.1. The van der Waals surface area contributed by atoms with E-state index < -0.39 is 29.7 Å². The summed E-state index contributed by atoms with van der Waals surface area (Å²) in [6, 6.07) is 11.3. The predicted octanol–water partition coefficient (Wildman–Crippen LogP) is 2.39. The van der Waals surface area contributed by atoms with Crippen molar-refractivity contribution in [3.8, 4) is 17.1 Å². The number of ether oxygens (including phenoxy) is 1. The third kappa shape index (κ3) is 6.16. The van der Waals surface area contributed by atoms with Crippen LogP contribution in [0.5, 0.6) is 5.75 Å². The van der Waals surface area contributed by atoms with Crippen LogP contribution in [0.15, 0.2) is 42.5 Å². The molecule has 41 heavy (non-hydrogen) atoms. The molecule has 0 aliphatic carbocycles. The van der Waals surface area contributed by atoms with Gasteiger partial charge in [-0.1, -0.05) is 30.3 Å². The van der Waals surface area contributed by atoms with E-state index in [0.717, 1.165) is 16.0 Å². The normalized spacial score (nSPS) is 16.5. The summed E-state index contributed by atoms with van der Waals surface area (Å²) in [5.41, 5.74) is 2.12. The van der Waals surface area contributed by atoms with Crippen molar-refractivity contribution in [1.82, 2.24) is 30.6 Å². The molecule has 2 aliphatic heterocycles. The van der Waals surface area contributed by atoms with Gasteiger partial charge in [0, 0.05) is 24.8 Å². The zero-order chi connectivity index (χ0) is 28.9. The molecule has 0 saturated carbocycles. The fourth-order valence-corrected chi connectivity index (χ4v) is 4.83. The summed E-state index contributed by atoms with van der Waals surface area (Å²) in [6.07, 6.45) is 2.79. The van der Waals surface area contributed by atoms with Crippen LogP contribution in [0.3, 0.4) is 0 Å². The Morgan fingerprint density at radius 2 is 1.71 bits per heavy atom. The lowest BCUT2D eigenvalue weighted by molar-refractivity contribution is -0.136. The first-order chi connectivity index (χ1) is 19.8. The van der Waals surface area contributed by atoms with Crippen LogP contribution in [0.4, 0.5) is 0 Å². The van der Waals surface area contributed by atoms with Gasteiger partial charge in [-0.3, -0.25) is 34.2 Å². The Morgan fingerprint density at radius 3 is 2.44 bits per heavy atom. The Hall–Kier alpha value is -4.87. The zero-order valence-electron chi connectivity index (χ0n) is 22.5. The monoisotopic (exact) mass is 556 g/mol. The van der Waals surface area contributed by atoms with Gasteiger partial charge in [-0.2, -0.15) is 0 Å². The van der Waals surface area contributed by atoms with Crippen molar-refractivity contribution in [1.29, 1.82) is 0 Å². The molecule has 3 aromatic rings. The molecule has 0 spiro atoms. The molecule has 1 fully saturated rings. The lowest BCUT2D eigenvalue weighted by atomic mass is 10.0. The van der Waals surface area contributed by atoms with E-state index in [9.17, 15) is 24.0 Å². The first-order valence-corrected chi connectivity index (χ1v) is 13.4. The minimum atomic E-state index is -1.03. The number of ketones is 1. The fraction of sp³-hybridized carbons (Fsp3) is 0.345. The summed E-state index contributed by atoms with van der Waals surface area (Å²) < 4.78 is 5.83. The van der Waals surface area contributed by atoms with Gasteiger partial charge in [0.15, 0.2) is 5.82 Å². The molecule has 3 heterocycles. The van der Waals surface area contributed by atoms with Gasteiger partial charge in [0.2, 0.25) is 17.6 Å². The zero-order valence-corrected chi connectivity index (χ0v) is 22.5. The van der Waals surface area contributed by atoms with Crippen molar-refractivity contribution in [2.45, 2.75) is 57.9 Å². The minimum Gasteiger partial charge on any atom is -0.493 e. The molecule has 5 rings (SSSR count). The minimum absolute atomic E-state index is 0.0530. The van der Waals surface area contributed by atoms with Gasteiger partial charge < -0.3 is 4.74 Å². The van der Waals surface area contributed by atoms with Gasteiger partial charge in [0.25, 0.3) is 11.8 Å². The van der Waals surface area contributed by atoms with Crippen molar-refractivity contribution in [3.05, 3.63) is 65.0 Å². The molecule has 12 nitrogen and oxygen atoms in total. The SMILES string of the molecule is Cc1nnc(-c2ccc(CCC(=O)CCCCOc3cccc4c3C(=O)N(C3CCC(=O)NC3=O)C4=O)cc2)nn1. The summed E-state index contributed by atoms with van der Waals surface area (Å²) in [5.74, 6) is -0.928. The van der Waals surface area contributed by atoms with Crippen molar-refractivity contribution < 1.29 is 28.7 Å². The summed E-state index contributed by atoms with van der Waals surface area (Å²) in [7, 11) is 0. The van der Waals surface area contributed by atoms with E-state index in [1.807, 2.05) is 24.3 Å². The van der Waals surface area contributed by atoms with Crippen LogP contribution < -0.4 is 10.1 Å². The number of aryl methyl sites for hydroxylation is 2. The fourth-order valence-electron chi connectivity index (χ4n) is 4.83. The van der Waals surface area contributed by atoms with Crippen molar-refractivity contribution in [3.63, 3.8) is 0 Å². The number of Topliss-reactive ketones (excluding diaryl/α,β-unsaturated/α-hetero) is 1. The molecular weight excluding hydrogens is 528 g/mol. The number of benzene rings is 2. The van der Waals surface area contributed by atoms with Crippen LogP contribution in [-0.2, 0) is 20.8 Å². The summed E-state index contributed by atoms with van der Waals surface area (Å²) in [4.78, 5) is 63.1. The van der Waals surface area contributed by atoms with E-state index in [1.165, 1.54) is 6.07 Å². The molecular formula is C29H28N6O6. The number of aromatic nitrogens is 4. The van der Waals surface area contributed by atoms with Gasteiger partial charge in [-0.25, -0.2) is 0 Å². The summed E-state index contributed by atoms with van der Waals surface area (Å²) in [5, 5.41) is 18.1. The second kappa shape index (κ2) is 12.1. The predicted molar refractivity (Wildman–Crippen MR) is 144 cm³/mol. The Kier molecular flexibility index (Phi) is 8.18. The lowest BCUT2D eigenvalue weighted by Gasteiger charge is -2.27. The van der Waals surface area contributed by atoms with E-state index >= 15 is 0 Å². The number of piperidine rings is 1. The second-order valence-corrected chi connectivity index (χ2v) is 9.94. The molecule has 0 radical (unpaired) electrons. The van der Waals surface area contributed by atoms with E-state index in [1.54, 1.807) is 19.1 Å². The Balaban J connectivity index is 1.07. The van der Waals surface area contributed by atoms with Crippen molar-refractivity contribution in [2.75, 3.05) is 6.61 Å². The number of imide groups is 2. The number of carbonyl (C=O) groups is 5. The van der Waals surface area contributed by atoms with Crippen LogP contribution in [0, 0.1) is 6.92 Å². The first kappa shape index (κ1) is 27.7. The molecule has 12 heteroatoms. The molecule has 0 bridgehead atoms. The van der Waals surface area contributed by atoms with Crippen molar-refractivity contribution in [2.24, 2.45) is 0 Å². The smallest absolute Gasteiger partial charge is 0.266 e. The summed E-state index contributed by atoms with van der Waals surface area (Å²) >= 11 is 0. The van der Waals surface area contributed by atoms with E-state index in [-0.39, 0.29) is 42.1 Å². The number of hydrogen-bond donors (Lipinski definition) is 1. The average molecular weight is 557 g/mol. The molecule has 2 aliphatic rings. The van der Waals surface area contributed by atoms with Crippen molar-refractivity contribution >= 4 is 29.4 Å². The number of carbonyl (C=O) groups excluding carboxylic acids is 5. The first-order valence-electron chi connectivity index (χ1n) is 13.4. The van der Waals surface area contributed by atoms with Gasteiger partial charge in [0.1, 0.15) is 17.6 Å². The number of hydrogen-bond acceptors (Lipinski definition) is 10. The third-order valence-corrected chi connectivity index (χ3v) is 7.02. The number of rotatable bonds is 11. The van der Waals surface area contributed by atoms with Gasteiger partial charge in [-0.05, 0) is 50.3 Å². The Morgan fingerprint density at radius 1 is 0.951 bits per heavy atom. The molecule has 1 aromatic heterocycles. The Bertz CT molecular complexity index is 1510. The molecule has 210 valence electrons. The van der Waals surface area contributed by atoms with E-state index in [4.69, 9.17) is 4.74 Å². The molecule has 4 amide bonds. The van der Waals surface area contributed by atoms with Crippen LogP contribution >= 0.6 is 0 Å². The van der Waals surface area contributed by atoms with E-state index in [2.05, 4.69) is 25.7 Å². The topological polar surface area (TPSA) is 161 Å². The highest BCUT2D eigenvalue weighted by Crippen LogP contribution is 2.33. The summed E-state index contributed by atoms with van der Waals surface area (Å²) in [6.45, 7) is 1.98. The molecule has 1 saturated heterocycles. The maximum Gasteiger partial charge on any atom is 0.266 e. The van der Waals surface area contributed by atoms with Crippen LogP contribution in [0.1, 0.15) is 70.6 Å². The maximum absolute atomic E-state index is 13.1. The number of fused-ring (bicyclic) bond motifs is 1. The van der Waals surface area contributed by atoms with Crippen LogP contribution in [-0.4, -0.2) is 67.4 Å². The van der Waals surface area contributed by atoms with Gasteiger partial charge in [-0.15, -0.1) is 20.4 Å². The second-order valence-electron chi connectivity index (χ2n) is 9.94. The number of nitrogens with one attached hydrogen (secondary N) is 1. The van der Waals surface area contributed by atoms with Gasteiger partial charge in [0.05, 0.1) is 17.7 Å². The lowest BCUT2D eigenvalue weighted by Crippen LogP contribution is -2.54. The van der Waals surface area contributed by atoms with Crippen LogP contribution in [0.2, 0.25) is 0 Å². The number of unbranched alkanes of at least 4 members (excludes halogenated alkanes) is 1.